The van der Waals surface area contributed by atoms with Crippen molar-refractivity contribution >= 4 is 34.8 Å². The van der Waals surface area contributed by atoms with E-state index in [9.17, 15) is 4.79 Å². The summed E-state index contributed by atoms with van der Waals surface area (Å²) in [6, 6.07) is 3.34. The van der Waals surface area contributed by atoms with Gasteiger partial charge in [-0.2, -0.15) is 0 Å². The third-order valence-electron chi connectivity index (χ3n) is 1.60. The van der Waals surface area contributed by atoms with E-state index in [1.54, 1.807) is 12.1 Å². The van der Waals surface area contributed by atoms with E-state index in [1.807, 2.05) is 6.92 Å². The smallest absolute Gasteiger partial charge is 0.221 e. The second-order valence-electron chi connectivity index (χ2n) is 2.75. The first-order valence-electron chi connectivity index (χ1n) is 3.74. The van der Waals surface area contributed by atoms with Crippen molar-refractivity contribution in [1.82, 2.24) is 0 Å². The van der Waals surface area contributed by atoms with E-state index in [0.717, 1.165) is 5.56 Å². The lowest BCUT2D eigenvalue weighted by Crippen LogP contribution is -2.05. The summed E-state index contributed by atoms with van der Waals surface area (Å²) in [5, 5.41) is 3.71. The molecule has 0 fully saturated rings. The van der Waals surface area contributed by atoms with Crippen LogP contribution in [-0.4, -0.2) is 5.91 Å². The molecule has 1 N–H and O–H groups in total. The molecule has 2 nitrogen and oxygen atoms in total. The molecule has 0 aromatic heterocycles. The van der Waals surface area contributed by atoms with Crippen molar-refractivity contribution < 1.29 is 4.79 Å². The molecule has 0 spiro atoms. The minimum atomic E-state index is -0.143. The fourth-order valence-electron chi connectivity index (χ4n) is 0.921. The first-order chi connectivity index (χ1) is 6.00. The van der Waals surface area contributed by atoms with Gasteiger partial charge in [0.2, 0.25) is 5.91 Å². The van der Waals surface area contributed by atoms with E-state index in [4.69, 9.17) is 23.2 Å². The summed E-state index contributed by atoms with van der Waals surface area (Å²) < 4.78 is 0. The van der Waals surface area contributed by atoms with Gasteiger partial charge in [0.15, 0.2) is 0 Å². The molecule has 1 aromatic rings. The largest absolute Gasteiger partial charge is 0.326 e. The van der Waals surface area contributed by atoms with E-state index < -0.39 is 0 Å². The number of hydrogen-bond donors (Lipinski definition) is 1. The third-order valence-corrected chi connectivity index (χ3v) is 2.39. The number of hydrogen-bond acceptors (Lipinski definition) is 1. The first-order valence-corrected chi connectivity index (χ1v) is 4.49. The number of amides is 1. The third kappa shape index (κ3) is 2.61. The van der Waals surface area contributed by atoms with Gasteiger partial charge >= 0.3 is 0 Å². The van der Waals surface area contributed by atoms with Crippen LogP contribution in [-0.2, 0) is 4.79 Å². The van der Waals surface area contributed by atoms with Gasteiger partial charge in [-0.1, -0.05) is 23.2 Å². The van der Waals surface area contributed by atoms with Crippen molar-refractivity contribution in [2.75, 3.05) is 5.32 Å². The lowest BCUT2D eigenvalue weighted by molar-refractivity contribution is -0.114. The Morgan fingerprint density at radius 1 is 1.31 bits per heavy atom. The minimum Gasteiger partial charge on any atom is -0.326 e. The highest BCUT2D eigenvalue weighted by molar-refractivity contribution is 6.36. The van der Waals surface area contributed by atoms with Crippen LogP contribution < -0.4 is 5.32 Å². The summed E-state index contributed by atoms with van der Waals surface area (Å²) >= 11 is 11.7. The molecule has 0 aliphatic carbocycles. The highest BCUT2D eigenvalue weighted by Gasteiger charge is 2.04. The van der Waals surface area contributed by atoms with Crippen LogP contribution in [0.3, 0.4) is 0 Å². The van der Waals surface area contributed by atoms with Crippen LogP contribution in [0.15, 0.2) is 12.1 Å². The van der Waals surface area contributed by atoms with Crippen LogP contribution in [0.4, 0.5) is 5.69 Å². The zero-order valence-electron chi connectivity index (χ0n) is 7.32. The fourth-order valence-corrected chi connectivity index (χ4v) is 1.41. The van der Waals surface area contributed by atoms with E-state index in [0.29, 0.717) is 15.7 Å². The topological polar surface area (TPSA) is 29.1 Å². The number of nitrogens with one attached hydrogen (secondary N) is 1. The Balaban J connectivity index is 3.06. The maximum absolute atomic E-state index is 10.7. The standard InChI is InChI=1S/C9H9Cl2NO/c1-5-8(10)3-7(4-9(5)11)12-6(2)13/h3-4H,1-2H3,(H,12,13). The molecule has 0 unspecified atom stereocenters. The maximum Gasteiger partial charge on any atom is 0.221 e. The Kier molecular flexibility index (Phi) is 3.17. The average Bonchev–Trinajstić information content (AvgIpc) is 1.98. The number of halogens is 2. The molecule has 0 aliphatic heterocycles. The molecule has 0 radical (unpaired) electrons. The van der Waals surface area contributed by atoms with Crippen molar-refractivity contribution in [1.29, 1.82) is 0 Å². The van der Waals surface area contributed by atoms with Gasteiger partial charge in [-0.05, 0) is 24.6 Å². The molecule has 0 bridgehead atoms. The Hall–Kier alpha value is -0.730. The van der Waals surface area contributed by atoms with Crippen LogP contribution in [0, 0.1) is 6.92 Å². The molecule has 1 aromatic carbocycles. The lowest BCUT2D eigenvalue weighted by Gasteiger charge is -2.06. The summed E-state index contributed by atoms with van der Waals surface area (Å²) in [6.07, 6.45) is 0. The normalized spacial score (nSPS) is 9.85. The molecular formula is C9H9Cl2NO. The zero-order chi connectivity index (χ0) is 10.0. The highest BCUT2D eigenvalue weighted by Crippen LogP contribution is 2.27. The Bertz CT molecular complexity index is 326. The van der Waals surface area contributed by atoms with Crippen molar-refractivity contribution in [2.45, 2.75) is 13.8 Å². The SMILES string of the molecule is CC(=O)Nc1cc(Cl)c(C)c(Cl)c1. The molecule has 0 atom stereocenters. The van der Waals surface area contributed by atoms with Crippen molar-refractivity contribution in [2.24, 2.45) is 0 Å². The average molecular weight is 218 g/mol. The second kappa shape index (κ2) is 3.99. The molecule has 0 saturated carbocycles. The summed E-state index contributed by atoms with van der Waals surface area (Å²) in [7, 11) is 0. The summed E-state index contributed by atoms with van der Waals surface area (Å²) in [5.74, 6) is -0.143. The van der Waals surface area contributed by atoms with Crippen LogP contribution in [0.25, 0.3) is 0 Å². The number of carbonyl (C=O) groups is 1. The van der Waals surface area contributed by atoms with Crippen LogP contribution in [0.5, 0.6) is 0 Å². The molecule has 0 aliphatic rings. The van der Waals surface area contributed by atoms with Gasteiger partial charge in [0.05, 0.1) is 0 Å². The maximum atomic E-state index is 10.7. The second-order valence-corrected chi connectivity index (χ2v) is 3.56. The molecule has 0 saturated heterocycles. The van der Waals surface area contributed by atoms with E-state index >= 15 is 0 Å². The molecule has 70 valence electrons. The van der Waals surface area contributed by atoms with E-state index in [2.05, 4.69) is 5.32 Å². The molecule has 13 heavy (non-hydrogen) atoms. The van der Waals surface area contributed by atoms with Crippen LogP contribution in [0.2, 0.25) is 10.0 Å². The van der Waals surface area contributed by atoms with Gasteiger partial charge in [0.25, 0.3) is 0 Å². The molecular weight excluding hydrogens is 209 g/mol. The predicted octanol–water partition coefficient (Wildman–Crippen LogP) is 3.26. The van der Waals surface area contributed by atoms with Gasteiger partial charge < -0.3 is 5.32 Å². The first kappa shape index (κ1) is 10.4. The van der Waals surface area contributed by atoms with Gasteiger partial charge in [-0.25, -0.2) is 0 Å². The quantitative estimate of drug-likeness (QED) is 0.769. The molecule has 4 heteroatoms. The Morgan fingerprint density at radius 2 is 1.77 bits per heavy atom. The van der Waals surface area contributed by atoms with E-state index in [1.165, 1.54) is 6.92 Å². The van der Waals surface area contributed by atoms with Gasteiger partial charge in [-0.3, -0.25) is 4.79 Å². The zero-order valence-corrected chi connectivity index (χ0v) is 8.83. The van der Waals surface area contributed by atoms with Gasteiger partial charge in [0, 0.05) is 22.7 Å². The molecule has 0 heterocycles. The molecule has 1 amide bonds. The monoisotopic (exact) mass is 217 g/mol. The minimum absolute atomic E-state index is 0.143. The van der Waals surface area contributed by atoms with Gasteiger partial charge in [-0.15, -0.1) is 0 Å². The number of rotatable bonds is 1. The lowest BCUT2D eigenvalue weighted by atomic mass is 10.2. The number of benzene rings is 1. The van der Waals surface area contributed by atoms with E-state index in [-0.39, 0.29) is 5.91 Å². The van der Waals surface area contributed by atoms with Crippen molar-refractivity contribution in [3.05, 3.63) is 27.7 Å². The Labute approximate surface area is 86.8 Å². The van der Waals surface area contributed by atoms with Crippen molar-refractivity contribution in [3.63, 3.8) is 0 Å². The van der Waals surface area contributed by atoms with Gasteiger partial charge in [0.1, 0.15) is 0 Å². The number of carbonyl (C=O) groups excluding carboxylic acids is 1. The number of anilines is 1. The fraction of sp³-hybridized carbons (Fsp3) is 0.222. The summed E-state index contributed by atoms with van der Waals surface area (Å²) in [5.41, 5.74) is 1.44. The van der Waals surface area contributed by atoms with Crippen LogP contribution in [0.1, 0.15) is 12.5 Å². The molecule has 1 rings (SSSR count). The highest BCUT2D eigenvalue weighted by atomic mass is 35.5. The summed E-state index contributed by atoms with van der Waals surface area (Å²) in [4.78, 5) is 10.7. The summed E-state index contributed by atoms with van der Waals surface area (Å²) in [6.45, 7) is 3.25. The Morgan fingerprint density at radius 3 is 2.15 bits per heavy atom. The van der Waals surface area contributed by atoms with Crippen LogP contribution >= 0.6 is 23.2 Å². The predicted molar refractivity (Wildman–Crippen MR) is 55.5 cm³/mol. The van der Waals surface area contributed by atoms with Crippen molar-refractivity contribution in [3.8, 4) is 0 Å².